The van der Waals surface area contributed by atoms with Gasteiger partial charge in [0.1, 0.15) is 0 Å². The van der Waals surface area contributed by atoms with Gasteiger partial charge in [-0.05, 0) is 5.92 Å². The zero-order chi connectivity index (χ0) is 16.4. The molecule has 9 heteroatoms. The predicted octanol–water partition coefficient (Wildman–Crippen LogP) is 2.11. The van der Waals surface area contributed by atoms with Crippen LogP contribution in [0.2, 0.25) is 0 Å². The summed E-state index contributed by atoms with van der Waals surface area (Å²) in [5.74, 6) is -0.110. The van der Waals surface area contributed by atoms with Crippen LogP contribution >= 0.6 is 0 Å². The number of hydrogen-bond acceptors (Lipinski definition) is 3. The van der Waals surface area contributed by atoms with E-state index in [0.717, 1.165) is 0 Å². The zero-order valence-electron chi connectivity index (χ0n) is 11.9. The van der Waals surface area contributed by atoms with Gasteiger partial charge in [-0.1, -0.05) is 13.8 Å². The molecule has 1 aliphatic rings. The van der Waals surface area contributed by atoms with Crippen LogP contribution in [0.4, 0.5) is 26.3 Å². The topological polar surface area (TPSA) is 26.7 Å². The van der Waals surface area contributed by atoms with Crippen LogP contribution in [0, 0.1) is 5.92 Å². The van der Waals surface area contributed by atoms with Crippen LogP contribution in [0.5, 0.6) is 0 Å². The van der Waals surface area contributed by atoms with E-state index in [2.05, 4.69) is 0 Å². The molecule has 1 N–H and O–H groups in total. The fourth-order valence-corrected chi connectivity index (χ4v) is 2.49. The van der Waals surface area contributed by atoms with Crippen molar-refractivity contribution in [2.45, 2.75) is 38.3 Å². The third kappa shape index (κ3) is 5.99. The van der Waals surface area contributed by atoms with Gasteiger partial charge in [0, 0.05) is 32.2 Å². The quantitative estimate of drug-likeness (QED) is 0.803. The highest BCUT2D eigenvalue weighted by atomic mass is 19.4. The molecule has 0 unspecified atom stereocenters. The van der Waals surface area contributed by atoms with E-state index in [0.29, 0.717) is 0 Å². The SMILES string of the molecule is CC(C)[C@@H]1CN(CC(F)(F)F)CCN1C[C@@H](O)C(F)(F)F. The van der Waals surface area contributed by atoms with Crippen molar-refractivity contribution in [2.75, 3.05) is 32.7 Å². The van der Waals surface area contributed by atoms with Crippen molar-refractivity contribution in [1.29, 1.82) is 0 Å². The van der Waals surface area contributed by atoms with E-state index in [1.54, 1.807) is 13.8 Å². The van der Waals surface area contributed by atoms with Gasteiger partial charge in [0.05, 0.1) is 6.54 Å². The molecule has 0 amide bonds. The monoisotopic (exact) mass is 322 g/mol. The maximum atomic E-state index is 12.4. The minimum Gasteiger partial charge on any atom is -0.382 e. The Morgan fingerprint density at radius 2 is 1.67 bits per heavy atom. The van der Waals surface area contributed by atoms with Crippen molar-refractivity contribution >= 4 is 0 Å². The van der Waals surface area contributed by atoms with E-state index < -0.39 is 37.6 Å². The highest BCUT2D eigenvalue weighted by Crippen LogP contribution is 2.25. The van der Waals surface area contributed by atoms with Gasteiger partial charge in [-0.3, -0.25) is 9.80 Å². The Labute approximate surface area is 119 Å². The molecule has 0 saturated carbocycles. The lowest BCUT2D eigenvalue weighted by Crippen LogP contribution is -2.59. The Balaban J connectivity index is 2.67. The summed E-state index contributed by atoms with van der Waals surface area (Å²) in [6, 6.07) is -0.446. The standard InChI is InChI=1S/C12H20F6N2O/c1-8(2)9-5-19(7-11(13,14)15)3-4-20(9)6-10(21)12(16,17)18/h8-10,21H,3-7H2,1-2H3/t9-,10+/m0/s1. The highest BCUT2D eigenvalue weighted by molar-refractivity contribution is 4.87. The molecule has 3 nitrogen and oxygen atoms in total. The number of alkyl halides is 6. The van der Waals surface area contributed by atoms with Crippen molar-refractivity contribution in [3.05, 3.63) is 0 Å². The maximum absolute atomic E-state index is 12.4. The average molecular weight is 322 g/mol. The molecule has 0 aliphatic carbocycles. The molecule has 0 aromatic rings. The van der Waals surface area contributed by atoms with Crippen molar-refractivity contribution in [3.8, 4) is 0 Å². The number of nitrogens with zero attached hydrogens (tertiary/aromatic N) is 2. The van der Waals surface area contributed by atoms with Crippen molar-refractivity contribution < 1.29 is 31.4 Å². The van der Waals surface area contributed by atoms with E-state index in [-0.39, 0.29) is 25.6 Å². The second kappa shape index (κ2) is 6.70. The third-order valence-electron chi connectivity index (χ3n) is 3.58. The molecule has 21 heavy (non-hydrogen) atoms. The highest BCUT2D eigenvalue weighted by Gasteiger charge is 2.42. The molecular formula is C12H20F6N2O. The minimum atomic E-state index is -4.72. The molecule has 0 aromatic carbocycles. The van der Waals surface area contributed by atoms with Crippen LogP contribution in [0.25, 0.3) is 0 Å². The molecule has 1 saturated heterocycles. The third-order valence-corrected chi connectivity index (χ3v) is 3.58. The van der Waals surface area contributed by atoms with E-state index >= 15 is 0 Å². The summed E-state index contributed by atoms with van der Waals surface area (Å²) in [4.78, 5) is 2.62. The Morgan fingerprint density at radius 3 is 2.10 bits per heavy atom. The summed E-state index contributed by atoms with van der Waals surface area (Å²) in [6.07, 6.45) is -11.5. The second-order valence-electron chi connectivity index (χ2n) is 5.71. The van der Waals surface area contributed by atoms with Crippen LogP contribution in [-0.2, 0) is 0 Å². The first kappa shape index (κ1) is 18.5. The second-order valence-corrected chi connectivity index (χ2v) is 5.71. The molecule has 0 spiro atoms. The normalized spacial score (nSPS) is 24.6. The maximum Gasteiger partial charge on any atom is 0.415 e. The van der Waals surface area contributed by atoms with Crippen LogP contribution < -0.4 is 0 Å². The summed E-state index contributed by atoms with van der Waals surface area (Å²) < 4.78 is 74.4. The van der Waals surface area contributed by atoms with Gasteiger partial charge < -0.3 is 5.11 Å². The largest absolute Gasteiger partial charge is 0.415 e. The molecule has 1 fully saturated rings. The average Bonchev–Trinajstić information content (AvgIpc) is 2.27. The Hall–Kier alpha value is -0.540. The molecule has 0 radical (unpaired) electrons. The molecule has 126 valence electrons. The Morgan fingerprint density at radius 1 is 1.10 bits per heavy atom. The van der Waals surface area contributed by atoms with E-state index in [1.807, 2.05) is 0 Å². The lowest BCUT2D eigenvalue weighted by molar-refractivity contribution is -0.212. The lowest BCUT2D eigenvalue weighted by atomic mass is 9.99. The van der Waals surface area contributed by atoms with Gasteiger partial charge >= 0.3 is 12.4 Å². The molecule has 0 aromatic heterocycles. The van der Waals surface area contributed by atoms with Gasteiger partial charge in [-0.15, -0.1) is 0 Å². The number of rotatable bonds is 4. The molecular weight excluding hydrogens is 302 g/mol. The fourth-order valence-electron chi connectivity index (χ4n) is 2.49. The van der Waals surface area contributed by atoms with Gasteiger partial charge in [-0.25, -0.2) is 0 Å². The van der Waals surface area contributed by atoms with Crippen LogP contribution in [0.15, 0.2) is 0 Å². The smallest absolute Gasteiger partial charge is 0.382 e. The summed E-state index contributed by atoms with van der Waals surface area (Å²) in [5, 5.41) is 9.13. The number of piperazine rings is 1. The first-order valence-electron chi connectivity index (χ1n) is 6.68. The number of aliphatic hydroxyl groups is 1. The van der Waals surface area contributed by atoms with E-state index in [1.165, 1.54) is 9.80 Å². The number of hydrogen-bond donors (Lipinski definition) is 1. The van der Waals surface area contributed by atoms with Gasteiger partial charge in [0.25, 0.3) is 0 Å². The van der Waals surface area contributed by atoms with Crippen LogP contribution in [0.3, 0.4) is 0 Å². The number of aliphatic hydroxyl groups excluding tert-OH is 1. The lowest BCUT2D eigenvalue weighted by Gasteiger charge is -2.44. The summed E-state index contributed by atoms with van der Waals surface area (Å²) in [6.45, 7) is 1.97. The molecule has 1 heterocycles. The van der Waals surface area contributed by atoms with E-state index in [9.17, 15) is 26.3 Å². The van der Waals surface area contributed by atoms with Gasteiger partial charge in [-0.2, -0.15) is 26.3 Å². The number of β-amino-alcohol motifs (C(OH)–C–C–N with tert-alkyl or cyclic N) is 1. The van der Waals surface area contributed by atoms with Crippen molar-refractivity contribution in [1.82, 2.24) is 9.80 Å². The zero-order valence-corrected chi connectivity index (χ0v) is 11.9. The fraction of sp³-hybridized carbons (Fsp3) is 1.00. The summed E-state index contributed by atoms with van der Waals surface area (Å²) in [7, 11) is 0. The predicted molar refractivity (Wildman–Crippen MR) is 64.8 cm³/mol. The summed E-state index contributed by atoms with van der Waals surface area (Å²) >= 11 is 0. The molecule has 0 bridgehead atoms. The summed E-state index contributed by atoms with van der Waals surface area (Å²) in [5.41, 5.74) is 0. The molecule has 1 aliphatic heterocycles. The van der Waals surface area contributed by atoms with Gasteiger partial charge in [0.2, 0.25) is 0 Å². The van der Waals surface area contributed by atoms with Crippen molar-refractivity contribution in [2.24, 2.45) is 5.92 Å². The first-order valence-corrected chi connectivity index (χ1v) is 6.68. The van der Waals surface area contributed by atoms with Crippen LogP contribution in [0.1, 0.15) is 13.8 Å². The Bertz CT molecular complexity index is 331. The molecule has 1 rings (SSSR count). The van der Waals surface area contributed by atoms with Crippen molar-refractivity contribution in [3.63, 3.8) is 0 Å². The van der Waals surface area contributed by atoms with E-state index in [4.69, 9.17) is 5.11 Å². The Kier molecular flexibility index (Phi) is 5.91. The minimum absolute atomic E-state index is 0.0350. The number of halogens is 6. The van der Waals surface area contributed by atoms with Gasteiger partial charge in [0.15, 0.2) is 6.10 Å². The van der Waals surface area contributed by atoms with Crippen LogP contribution in [-0.4, -0.2) is 72.1 Å². The first-order chi connectivity index (χ1) is 9.40. The molecule has 2 atom stereocenters.